The van der Waals surface area contributed by atoms with Crippen molar-refractivity contribution in [3.8, 4) is 0 Å². The second-order valence-electron chi connectivity index (χ2n) is 16.0. The van der Waals surface area contributed by atoms with E-state index in [0.717, 1.165) is 116 Å². The molecule has 0 fully saturated rings. The normalized spacial score (nSPS) is 12.7. The molecule has 338 valence electrons. The first-order valence-electron chi connectivity index (χ1n) is 24.5. The van der Waals surface area contributed by atoms with Gasteiger partial charge in [-0.1, -0.05) is 190 Å². The molecule has 6 nitrogen and oxygen atoms in total. The van der Waals surface area contributed by atoms with Crippen LogP contribution in [0, 0.1) is 0 Å². The fourth-order valence-corrected chi connectivity index (χ4v) is 6.59. The van der Waals surface area contributed by atoms with Crippen molar-refractivity contribution in [3.05, 3.63) is 72.9 Å². The molecule has 0 aliphatic rings. The Kier molecular flexibility index (Phi) is 45.0. The van der Waals surface area contributed by atoms with Crippen LogP contribution < -0.4 is 0 Å². The van der Waals surface area contributed by atoms with Gasteiger partial charge in [0, 0.05) is 19.3 Å². The molecule has 0 radical (unpaired) electrons. The highest BCUT2D eigenvalue weighted by Crippen LogP contribution is 2.14. The number of carbonyl (C=O) groups excluding carboxylic acids is 3. The van der Waals surface area contributed by atoms with Crippen molar-refractivity contribution in [3.63, 3.8) is 0 Å². The standard InChI is InChI=1S/C53H90O6/c1-4-7-10-13-16-19-22-25-27-29-31-34-37-40-43-46-52(55)58-49-50(48-57-51(54)45-42-39-36-33-30-24-21-18-15-12-9-6-3)59-53(56)47-44-41-38-35-32-28-26-23-20-17-14-11-8-5-2/h7,9-10,12-13,16,18-19,21-22,28,32,50H,4-6,8,11,14-15,17,20,23-27,29-31,33-49H2,1-3H3/b10-7-,12-9-,16-13-,21-18-,22-19-,32-28-. The Hall–Kier alpha value is -3.15. The summed E-state index contributed by atoms with van der Waals surface area (Å²) >= 11 is 0. The van der Waals surface area contributed by atoms with Crippen LogP contribution in [0.4, 0.5) is 0 Å². The van der Waals surface area contributed by atoms with E-state index in [1.807, 2.05) is 0 Å². The van der Waals surface area contributed by atoms with Crippen LogP contribution in [0.1, 0.15) is 226 Å². The number of hydrogen-bond donors (Lipinski definition) is 0. The van der Waals surface area contributed by atoms with Crippen LogP contribution in [0.3, 0.4) is 0 Å². The van der Waals surface area contributed by atoms with E-state index in [1.54, 1.807) is 0 Å². The summed E-state index contributed by atoms with van der Waals surface area (Å²) in [5, 5.41) is 0. The first kappa shape index (κ1) is 55.9. The Morgan fingerprint density at radius 3 is 1.24 bits per heavy atom. The van der Waals surface area contributed by atoms with Crippen LogP contribution in [-0.4, -0.2) is 37.2 Å². The van der Waals surface area contributed by atoms with Gasteiger partial charge < -0.3 is 14.2 Å². The summed E-state index contributed by atoms with van der Waals surface area (Å²) in [5.41, 5.74) is 0. The SMILES string of the molecule is CC\C=C/C=C\C=C/CCCCCCCCCC(=O)OCC(COC(=O)CCCCCCC/C=C\C/C=C\CC)OC(=O)CCCCC/C=C\CCCCCCCCC. The van der Waals surface area contributed by atoms with Gasteiger partial charge in [0.05, 0.1) is 0 Å². The van der Waals surface area contributed by atoms with Gasteiger partial charge >= 0.3 is 17.9 Å². The molecule has 59 heavy (non-hydrogen) atoms. The molecule has 0 amide bonds. The van der Waals surface area contributed by atoms with Gasteiger partial charge in [-0.3, -0.25) is 14.4 Å². The number of hydrogen-bond acceptors (Lipinski definition) is 6. The maximum Gasteiger partial charge on any atom is 0.306 e. The lowest BCUT2D eigenvalue weighted by molar-refractivity contribution is -0.167. The molecule has 0 aromatic heterocycles. The van der Waals surface area contributed by atoms with Gasteiger partial charge in [0.2, 0.25) is 0 Å². The van der Waals surface area contributed by atoms with Gasteiger partial charge in [0.1, 0.15) is 13.2 Å². The van der Waals surface area contributed by atoms with E-state index in [2.05, 4.69) is 93.7 Å². The summed E-state index contributed by atoms with van der Waals surface area (Å²) in [4.78, 5) is 37.9. The quantitative estimate of drug-likeness (QED) is 0.0200. The smallest absolute Gasteiger partial charge is 0.306 e. The van der Waals surface area contributed by atoms with Crippen LogP contribution in [-0.2, 0) is 28.6 Å². The Bertz CT molecular complexity index is 1130. The fourth-order valence-electron chi connectivity index (χ4n) is 6.59. The van der Waals surface area contributed by atoms with Gasteiger partial charge in [-0.15, -0.1) is 0 Å². The van der Waals surface area contributed by atoms with Gasteiger partial charge in [0.25, 0.3) is 0 Å². The molecule has 0 heterocycles. The van der Waals surface area contributed by atoms with E-state index in [4.69, 9.17) is 14.2 Å². The second kappa shape index (κ2) is 47.5. The Balaban J connectivity index is 4.44. The Morgan fingerprint density at radius 1 is 0.373 bits per heavy atom. The van der Waals surface area contributed by atoms with Gasteiger partial charge in [-0.05, 0) is 89.9 Å². The zero-order valence-electron chi connectivity index (χ0n) is 38.5. The molecule has 0 aliphatic heterocycles. The van der Waals surface area contributed by atoms with E-state index in [9.17, 15) is 14.4 Å². The highest BCUT2D eigenvalue weighted by Gasteiger charge is 2.19. The average molecular weight is 823 g/mol. The van der Waals surface area contributed by atoms with Crippen molar-refractivity contribution in [1.82, 2.24) is 0 Å². The molecule has 0 aromatic rings. The van der Waals surface area contributed by atoms with E-state index in [0.29, 0.717) is 19.3 Å². The van der Waals surface area contributed by atoms with E-state index < -0.39 is 6.10 Å². The molecule has 0 saturated heterocycles. The fraction of sp³-hybridized carbons (Fsp3) is 0.717. The molecule has 0 aliphatic carbocycles. The zero-order chi connectivity index (χ0) is 43.0. The molecule has 0 bridgehead atoms. The van der Waals surface area contributed by atoms with Crippen LogP contribution in [0.25, 0.3) is 0 Å². The highest BCUT2D eigenvalue weighted by molar-refractivity contribution is 5.71. The largest absolute Gasteiger partial charge is 0.462 e. The maximum atomic E-state index is 12.8. The van der Waals surface area contributed by atoms with Crippen molar-refractivity contribution in [2.24, 2.45) is 0 Å². The van der Waals surface area contributed by atoms with E-state index in [-0.39, 0.29) is 31.1 Å². The molecule has 1 atom stereocenters. The lowest BCUT2D eigenvalue weighted by Crippen LogP contribution is -2.30. The number of unbranched alkanes of at least 4 members (excludes halogenated alkanes) is 22. The Labute approximate surface area is 363 Å². The van der Waals surface area contributed by atoms with Crippen molar-refractivity contribution in [2.75, 3.05) is 13.2 Å². The Morgan fingerprint density at radius 2 is 0.746 bits per heavy atom. The van der Waals surface area contributed by atoms with Gasteiger partial charge in [-0.25, -0.2) is 0 Å². The second-order valence-corrected chi connectivity index (χ2v) is 16.0. The van der Waals surface area contributed by atoms with Crippen LogP contribution in [0.15, 0.2) is 72.9 Å². The molecular weight excluding hydrogens is 733 g/mol. The maximum absolute atomic E-state index is 12.8. The summed E-state index contributed by atoms with van der Waals surface area (Å²) in [5.74, 6) is -0.937. The summed E-state index contributed by atoms with van der Waals surface area (Å²) in [6, 6.07) is 0. The summed E-state index contributed by atoms with van der Waals surface area (Å²) in [7, 11) is 0. The third-order valence-electron chi connectivity index (χ3n) is 10.2. The summed E-state index contributed by atoms with van der Waals surface area (Å²) in [6.07, 6.45) is 58.8. The van der Waals surface area contributed by atoms with Crippen LogP contribution in [0.2, 0.25) is 0 Å². The van der Waals surface area contributed by atoms with E-state index >= 15 is 0 Å². The lowest BCUT2D eigenvalue weighted by atomic mass is 10.1. The molecule has 0 rings (SSSR count). The predicted octanol–water partition coefficient (Wildman–Crippen LogP) is 15.9. The third kappa shape index (κ3) is 45.8. The molecule has 0 saturated carbocycles. The third-order valence-corrected chi connectivity index (χ3v) is 10.2. The first-order valence-corrected chi connectivity index (χ1v) is 24.5. The number of rotatable bonds is 43. The lowest BCUT2D eigenvalue weighted by Gasteiger charge is -2.18. The highest BCUT2D eigenvalue weighted by atomic mass is 16.6. The molecule has 0 N–H and O–H groups in total. The molecule has 0 aromatic carbocycles. The summed E-state index contributed by atoms with van der Waals surface area (Å²) in [6.45, 7) is 6.35. The minimum atomic E-state index is -0.792. The average Bonchev–Trinajstić information content (AvgIpc) is 3.23. The topological polar surface area (TPSA) is 78.9 Å². The van der Waals surface area contributed by atoms with Gasteiger partial charge in [0.15, 0.2) is 6.10 Å². The zero-order valence-corrected chi connectivity index (χ0v) is 38.5. The minimum Gasteiger partial charge on any atom is -0.462 e. The number of ether oxygens (including phenoxy) is 3. The van der Waals surface area contributed by atoms with Crippen molar-refractivity contribution in [2.45, 2.75) is 232 Å². The summed E-state index contributed by atoms with van der Waals surface area (Å²) < 4.78 is 16.7. The van der Waals surface area contributed by atoms with E-state index in [1.165, 1.54) is 70.6 Å². The molecule has 1 unspecified atom stereocenters. The molecule has 6 heteroatoms. The number of allylic oxidation sites excluding steroid dienone is 12. The predicted molar refractivity (Wildman–Crippen MR) is 251 cm³/mol. The molecule has 0 spiro atoms. The van der Waals surface area contributed by atoms with Crippen LogP contribution in [0.5, 0.6) is 0 Å². The molecular formula is C53H90O6. The van der Waals surface area contributed by atoms with Gasteiger partial charge in [-0.2, -0.15) is 0 Å². The van der Waals surface area contributed by atoms with Crippen molar-refractivity contribution in [1.29, 1.82) is 0 Å². The van der Waals surface area contributed by atoms with Crippen molar-refractivity contribution >= 4 is 17.9 Å². The number of carbonyl (C=O) groups is 3. The van der Waals surface area contributed by atoms with Crippen molar-refractivity contribution < 1.29 is 28.6 Å². The monoisotopic (exact) mass is 823 g/mol. The van der Waals surface area contributed by atoms with Crippen LogP contribution >= 0.6 is 0 Å². The first-order chi connectivity index (χ1) is 29.0. The number of esters is 3. The minimum absolute atomic E-state index is 0.0929.